The van der Waals surface area contributed by atoms with E-state index in [-0.39, 0.29) is 17.9 Å². The molecule has 0 aliphatic carbocycles. The molecule has 82 valence electrons. The Morgan fingerprint density at radius 2 is 2.27 bits per heavy atom. The lowest BCUT2D eigenvalue weighted by Crippen LogP contribution is -2.02. The number of nitrogens with zero attached hydrogens (tertiary/aromatic N) is 1. The van der Waals surface area contributed by atoms with Gasteiger partial charge >= 0.3 is 0 Å². The molecule has 0 radical (unpaired) electrons. The average molecular weight is 213 g/mol. The van der Waals surface area contributed by atoms with Gasteiger partial charge in [-0.15, -0.1) is 0 Å². The number of nitro benzene ring substituents is 1. The molecule has 0 fully saturated rings. The summed E-state index contributed by atoms with van der Waals surface area (Å²) in [6.45, 7) is 2.32. The summed E-state index contributed by atoms with van der Waals surface area (Å²) >= 11 is 0. The molecule has 5 heteroatoms. The van der Waals surface area contributed by atoms with Crippen molar-refractivity contribution in [1.29, 1.82) is 0 Å². The number of benzene rings is 1. The molecular formula is C10H12FNO3. The summed E-state index contributed by atoms with van der Waals surface area (Å²) in [5.41, 5.74) is -0.220. The summed E-state index contributed by atoms with van der Waals surface area (Å²) in [7, 11) is 0. The molecule has 0 N–H and O–H groups in total. The third-order valence-corrected chi connectivity index (χ3v) is 1.89. The standard InChI is InChI=1S/C10H12FNO3/c1-2-6-15-7-8-9(11)4-3-5-10(8)12(13)14/h3-5H,2,6-7H2,1H3. The monoisotopic (exact) mass is 213 g/mol. The summed E-state index contributed by atoms with van der Waals surface area (Å²) in [6.07, 6.45) is 0.794. The zero-order chi connectivity index (χ0) is 11.3. The molecule has 15 heavy (non-hydrogen) atoms. The number of rotatable bonds is 5. The van der Waals surface area contributed by atoms with Crippen LogP contribution in [-0.2, 0) is 11.3 Å². The van der Waals surface area contributed by atoms with Crippen molar-refractivity contribution in [2.24, 2.45) is 0 Å². The Labute approximate surface area is 86.8 Å². The summed E-state index contributed by atoms with van der Waals surface area (Å²) < 4.78 is 18.3. The Hall–Kier alpha value is -1.49. The van der Waals surface area contributed by atoms with Crippen molar-refractivity contribution in [3.63, 3.8) is 0 Å². The normalized spacial score (nSPS) is 10.3. The van der Waals surface area contributed by atoms with Crippen LogP contribution in [0.1, 0.15) is 18.9 Å². The highest BCUT2D eigenvalue weighted by molar-refractivity contribution is 5.40. The number of ether oxygens (including phenoxy) is 1. The highest BCUT2D eigenvalue weighted by Gasteiger charge is 2.17. The Balaban J connectivity index is 2.87. The van der Waals surface area contributed by atoms with E-state index in [0.717, 1.165) is 6.42 Å². The second-order valence-corrected chi connectivity index (χ2v) is 3.05. The Kier molecular flexibility index (Phi) is 4.17. The maximum Gasteiger partial charge on any atom is 0.277 e. The summed E-state index contributed by atoms with van der Waals surface area (Å²) in [4.78, 5) is 9.99. The lowest BCUT2D eigenvalue weighted by molar-refractivity contribution is -0.386. The molecule has 0 saturated heterocycles. The second kappa shape index (κ2) is 5.41. The van der Waals surface area contributed by atoms with Gasteiger partial charge in [-0.25, -0.2) is 4.39 Å². The van der Waals surface area contributed by atoms with Gasteiger partial charge in [0.1, 0.15) is 5.82 Å². The van der Waals surface area contributed by atoms with Crippen molar-refractivity contribution in [2.45, 2.75) is 20.0 Å². The lowest BCUT2D eigenvalue weighted by Gasteiger charge is -2.04. The number of hydrogen-bond donors (Lipinski definition) is 0. The quantitative estimate of drug-likeness (QED) is 0.429. The molecule has 0 spiro atoms. The minimum Gasteiger partial charge on any atom is -0.376 e. The molecular weight excluding hydrogens is 201 g/mol. The summed E-state index contributed by atoms with van der Waals surface area (Å²) in [6, 6.07) is 3.78. The minimum atomic E-state index is -0.603. The van der Waals surface area contributed by atoms with Crippen molar-refractivity contribution in [2.75, 3.05) is 6.61 Å². The summed E-state index contributed by atoms with van der Waals surface area (Å²) in [5.74, 6) is -0.597. The maximum atomic E-state index is 13.3. The van der Waals surface area contributed by atoms with Gasteiger partial charge in [-0.1, -0.05) is 13.0 Å². The number of nitro groups is 1. The van der Waals surface area contributed by atoms with Gasteiger partial charge in [0.2, 0.25) is 0 Å². The Bertz CT molecular complexity index is 355. The highest BCUT2D eigenvalue weighted by Crippen LogP contribution is 2.21. The second-order valence-electron chi connectivity index (χ2n) is 3.05. The van der Waals surface area contributed by atoms with Crippen molar-refractivity contribution in [1.82, 2.24) is 0 Å². The van der Waals surface area contributed by atoms with Crippen molar-refractivity contribution < 1.29 is 14.1 Å². The van der Waals surface area contributed by atoms with E-state index in [2.05, 4.69) is 0 Å². The highest BCUT2D eigenvalue weighted by atomic mass is 19.1. The third-order valence-electron chi connectivity index (χ3n) is 1.89. The average Bonchev–Trinajstić information content (AvgIpc) is 2.20. The van der Waals surface area contributed by atoms with Gasteiger partial charge in [-0.2, -0.15) is 0 Å². The van der Waals surface area contributed by atoms with Crippen LogP contribution in [0, 0.1) is 15.9 Å². The van der Waals surface area contributed by atoms with Crippen LogP contribution in [0.2, 0.25) is 0 Å². The number of halogens is 1. The first kappa shape index (κ1) is 11.6. The molecule has 0 aliphatic heterocycles. The first-order chi connectivity index (χ1) is 7.16. The molecule has 0 heterocycles. The van der Waals surface area contributed by atoms with Crippen LogP contribution < -0.4 is 0 Å². The largest absolute Gasteiger partial charge is 0.376 e. The fraction of sp³-hybridized carbons (Fsp3) is 0.400. The fourth-order valence-electron chi connectivity index (χ4n) is 1.18. The van der Waals surface area contributed by atoms with Gasteiger partial charge in [-0.3, -0.25) is 10.1 Å². The van der Waals surface area contributed by atoms with Gasteiger partial charge in [0.05, 0.1) is 17.1 Å². The lowest BCUT2D eigenvalue weighted by atomic mass is 10.2. The zero-order valence-electron chi connectivity index (χ0n) is 8.40. The van der Waals surface area contributed by atoms with Gasteiger partial charge in [0, 0.05) is 12.7 Å². The molecule has 0 bridgehead atoms. The predicted molar refractivity (Wildman–Crippen MR) is 53.0 cm³/mol. The zero-order valence-corrected chi connectivity index (χ0v) is 8.40. The number of hydrogen-bond acceptors (Lipinski definition) is 3. The first-order valence-electron chi connectivity index (χ1n) is 4.66. The van der Waals surface area contributed by atoms with E-state index >= 15 is 0 Å². The van der Waals surface area contributed by atoms with E-state index in [0.29, 0.717) is 6.61 Å². The Morgan fingerprint density at radius 1 is 1.53 bits per heavy atom. The molecule has 1 aromatic carbocycles. The van der Waals surface area contributed by atoms with E-state index < -0.39 is 10.7 Å². The molecule has 0 saturated carbocycles. The van der Waals surface area contributed by atoms with Gasteiger partial charge in [-0.05, 0) is 12.5 Å². The van der Waals surface area contributed by atoms with Crippen LogP contribution in [0.5, 0.6) is 0 Å². The van der Waals surface area contributed by atoms with Crippen LogP contribution in [0.4, 0.5) is 10.1 Å². The van der Waals surface area contributed by atoms with Crippen LogP contribution in [0.25, 0.3) is 0 Å². The van der Waals surface area contributed by atoms with Crippen molar-refractivity contribution in [3.8, 4) is 0 Å². The van der Waals surface area contributed by atoms with Crippen LogP contribution in [0.15, 0.2) is 18.2 Å². The van der Waals surface area contributed by atoms with Gasteiger partial charge in [0.15, 0.2) is 0 Å². The SMILES string of the molecule is CCCOCc1c(F)cccc1[N+](=O)[O-]. The van der Waals surface area contributed by atoms with E-state index in [9.17, 15) is 14.5 Å². The molecule has 1 aromatic rings. The van der Waals surface area contributed by atoms with Crippen molar-refractivity contribution in [3.05, 3.63) is 39.7 Å². The topological polar surface area (TPSA) is 52.4 Å². The molecule has 0 unspecified atom stereocenters. The summed E-state index contributed by atoms with van der Waals surface area (Å²) in [5, 5.41) is 10.6. The van der Waals surface area contributed by atoms with Crippen LogP contribution in [0.3, 0.4) is 0 Å². The minimum absolute atomic E-state index is 0.0101. The maximum absolute atomic E-state index is 13.3. The van der Waals surface area contributed by atoms with Crippen molar-refractivity contribution >= 4 is 5.69 Å². The van der Waals surface area contributed by atoms with Crippen LogP contribution >= 0.6 is 0 Å². The first-order valence-corrected chi connectivity index (χ1v) is 4.66. The molecule has 0 amide bonds. The van der Waals surface area contributed by atoms with E-state index in [1.165, 1.54) is 18.2 Å². The van der Waals surface area contributed by atoms with Gasteiger partial charge < -0.3 is 4.74 Å². The van der Waals surface area contributed by atoms with E-state index in [1.54, 1.807) is 0 Å². The predicted octanol–water partition coefficient (Wildman–Crippen LogP) is 2.66. The molecule has 4 nitrogen and oxygen atoms in total. The smallest absolute Gasteiger partial charge is 0.277 e. The molecule has 0 aliphatic rings. The van der Waals surface area contributed by atoms with Gasteiger partial charge in [0.25, 0.3) is 5.69 Å². The van der Waals surface area contributed by atoms with E-state index in [4.69, 9.17) is 4.74 Å². The van der Waals surface area contributed by atoms with E-state index in [1.807, 2.05) is 6.92 Å². The molecule has 1 rings (SSSR count). The molecule has 0 atom stereocenters. The fourth-order valence-corrected chi connectivity index (χ4v) is 1.18. The van der Waals surface area contributed by atoms with Crippen LogP contribution in [-0.4, -0.2) is 11.5 Å². The molecule has 0 aromatic heterocycles. The Morgan fingerprint density at radius 3 is 2.87 bits per heavy atom. The third kappa shape index (κ3) is 2.99.